The number of ether oxygens (including phenoxy) is 2. The van der Waals surface area contributed by atoms with E-state index in [0.29, 0.717) is 22.5 Å². The maximum Gasteiger partial charge on any atom is 0.262 e. The van der Waals surface area contributed by atoms with Gasteiger partial charge in [-0.1, -0.05) is 17.7 Å². The molecule has 6 nitrogen and oxygen atoms in total. The van der Waals surface area contributed by atoms with Gasteiger partial charge < -0.3 is 25.2 Å². The molecule has 0 fully saturated rings. The van der Waals surface area contributed by atoms with Gasteiger partial charge >= 0.3 is 0 Å². The molecule has 0 aromatic heterocycles. The minimum atomic E-state index is -0.386. The van der Waals surface area contributed by atoms with Gasteiger partial charge in [-0.15, -0.1) is 0 Å². The van der Waals surface area contributed by atoms with Crippen LogP contribution in [0.2, 0.25) is 0 Å². The molecule has 2 rings (SSSR count). The summed E-state index contributed by atoms with van der Waals surface area (Å²) in [6.07, 6.45) is 0. The third kappa shape index (κ3) is 6.51. The molecule has 0 atom stereocenters. The number of rotatable bonds is 9. The first-order valence-electron chi connectivity index (χ1n) is 8.95. The zero-order valence-electron chi connectivity index (χ0n) is 16.6. The molecule has 0 aliphatic carbocycles. The van der Waals surface area contributed by atoms with Gasteiger partial charge in [0.1, 0.15) is 0 Å². The Morgan fingerprint density at radius 3 is 2.50 bits per heavy atom. The van der Waals surface area contributed by atoms with Crippen LogP contribution in [0.25, 0.3) is 0 Å². The van der Waals surface area contributed by atoms with Crippen molar-refractivity contribution >= 4 is 27.5 Å². The Morgan fingerprint density at radius 1 is 1.21 bits per heavy atom. The molecule has 0 heterocycles. The first-order chi connectivity index (χ1) is 13.2. The summed E-state index contributed by atoms with van der Waals surface area (Å²) >= 11 is 3.49. The number of hydrogen-bond donors (Lipinski definition) is 3. The standard InChI is InChI=1S/C21H27BrN2O4/c1-14-5-7-16(8-6-14)24-19(26)12-28-20-17(22)9-15(10-18(20)27-4)11-23-21(2,3)13-25/h5-10,23,25H,11-13H2,1-4H3,(H,24,26). The number of carbonyl (C=O) groups is 1. The Kier molecular flexibility index (Phi) is 7.86. The zero-order valence-corrected chi connectivity index (χ0v) is 18.2. The zero-order chi connectivity index (χ0) is 20.7. The summed E-state index contributed by atoms with van der Waals surface area (Å²) < 4.78 is 11.8. The van der Waals surface area contributed by atoms with Crippen molar-refractivity contribution in [2.24, 2.45) is 0 Å². The van der Waals surface area contributed by atoms with Gasteiger partial charge in [0.15, 0.2) is 18.1 Å². The highest BCUT2D eigenvalue weighted by Crippen LogP contribution is 2.36. The van der Waals surface area contributed by atoms with Crippen molar-refractivity contribution in [3.8, 4) is 11.5 Å². The van der Waals surface area contributed by atoms with E-state index < -0.39 is 0 Å². The van der Waals surface area contributed by atoms with Crippen molar-refractivity contribution in [2.45, 2.75) is 32.9 Å². The Bertz CT molecular complexity index is 807. The molecule has 0 spiro atoms. The number of aliphatic hydroxyl groups is 1. The van der Waals surface area contributed by atoms with E-state index in [-0.39, 0.29) is 24.7 Å². The molecule has 1 amide bonds. The quantitative estimate of drug-likeness (QED) is 0.543. The van der Waals surface area contributed by atoms with Crippen molar-refractivity contribution in [3.63, 3.8) is 0 Å². The molecule has 7 heteroatoms. The smallest absolute Gasteiger partial charge is 0.262 e. The van der Waals surface area contributed by atoms with Gasteiger partial charge in [-0.25, -0.2) is 0 Å². The lowest BCUT2D eigenvalue weighted by molar-refractivity contribution is -0.118. The number of halogens is 1. The maximum absolute atomic E-state index is 12.2. The number of nitrogens with one attached hydrogen (secondary N) is 2. The van der Waals surface area contributed by atoms with Gasteiger partial charge in [-0.3, -0.25) is 4.79 Å². The van der Waals surface area contributed by atoms with Crippen LogP contribution in [0.3, 0.4) is 0 Å². The van der Waals surface area contributed by atoms with Crippen molar-refractivity contribution in [1.29, 1.82) is 0 Å². The topological polar surface area (TPSA) is 79.8 Å². The average molecular weight is 451 g/mol. The summed E-state index contributed by atoms with van der Waals surface area (Å²) in [6.45, 7) is 6.27. The molecule has 0 aliphatic heterocycles. The fourth-order valence-electron chi connectivity index (χ4n) is 2.38. The minimum Gasteiger partial charge on any atom is -0.493 e. The molecule has 2 aromatic rings. The van der Waals surface area contributed by atoms with Crippen LogP contribution >= 0.6 is 15.9 Å². The first-order valence-corrected chi connectivity index (χ1v) is 9.75. The van der Waals surface area contributed by atoms with Crippen molar-refractivity contribution in [1.82, 2.24) is 5.32 Å². The number of aliphatic hydroxyl groups excluding tert-OH is 1. The highest BCUT2D eigenvalue weighted by molar-refractivity contribution is 9.10. The van der Waals surface area contributed by atoms with Crippen LogP contribution in [-0.2, 0) is 11.3 Å². The molecule has 0 bridgehead atoms. The third-order valence-electron chi connectivity index (χ3n) is 4.14. The molecular formula is C21H27BrN2O4. The van der Waals surface area contributed by atoms with Gasteiger partial charge in [0.05, 0.1) is 18.2 Å². The molecule has 2 aromatic carbocycles. The molecule has 28 heavy (non-hydrogen) atoms. The van der Waals surface area contributed by atoms with Crippen LogP contribution in [0.15, 0.2) is 40.9 Å². The number of benzene rings is 2. The summed E-state index contributed by atoms with van der Waals surface area (Å²) in [6, 6.07) is 11.3. The van der Waals surface area contributed by atoms with Gasteiger partial charge in [0.2, 0.25) is 0 Å². The second-order valence-corrected chi connectivity index (χ2v) is 8.06. The van der Waals surface area contributed by atoms with E-state index in [4.69, 9.17) is 9.47 Å². The van der Waals surface area contributed by atoms with Crippen LogP contribution in [-0.4, -0.2) is 36.9 Å². The van der Waals surface area contributed by atoms with E-state index in [1.165, 1.54) is 0 Å². The summed E-state index contributed by atoms with van der Waals surface area (Å²) in [7, 11) is 1.55. The second-order valence-electron chi connectivity index (χ2n) is 7.21. The molecule has 0 radical (unpaired) electrons. The molecule has 0 saturated heterocycles. The van der Waals surface area contributed by atoms with Gasteiger partial charge in [-0.2, -0.15) is 0 Å². The highest BCUT2D eigenvalue weighted by Gasteiger charge is 2.17. The lowest BCUT2D eigenvalue weighted by Gasteiger charge is -2.24. The van der Waals surface area contributed by atoms with E-state index >= 15 is 0 Å². The lowest BCUT2D eigenvalue weighted by atomic mass is 10.1. The largest absolute Gasteiger partial charge is 0.493 e. The highest BCUT2D eigenvalue weighted by atomic mass is 79.9. The van der Waals surface area contributed by atoms with Crippen LogP contribution < -0.4 is 20.1 Å². The SMILES string of the molecule is COc1cc(CNC(C)(C)CO)cc(Br)c1OCC(=O)Nc1ccc(C)cc1. The molecule has 0 aliphatic rings. The summed E-state index contributed by atoms with van der Waals surface area (Å²) in [5.41, 5.74) is 2.42. The normalized spacial score (nSPS) is 11.2. The number of aryl methyl sites for hydroxylation is 1. The Labute approximate surface area is 174 Å². The van der Waals surface area contributed by atoms with Crippen LogP contribution in [0.5, 0.6) is 11.5 Å². The van der Waals surface area contributed by atoms with Crippen LogP contribution in [0, 0.1) is 6.92 Å². The maximum atomic E-state index is 12.2. The third-order valence-corrected chi connectivity index (χ3v) is 4.73. The van der Waals surface area contributed by atoms with Crippen LogP contribution in [0.1, 0.15) is 25.0 Å². The Balaban J connectivity index is 2.02. The average Bonchev–Trinajstić information content (AvgIpc) is 2.67. The monoisotopic (exact) mass is 450 g/mol. The Hall–Kier alpha value is -2.09. The summed E-state index contributed by atoms with van der Waals surface area (Å²) in [4.78, 5) is 12.2. The molecule has 3 N–H and O–H groups in total. The lowest BCUT2D eigenvalue weighted by Crippen LogP contribution is -2.42. The fraction of sp³-hybridized carbons (Fsp3) is 0.381. The van der Waals surface area contributed by atoms with E-state index in [1.807, 2.05) is 57.2 Å². The van der Waals surface area contributed by atoms with Gasteiger partial charge in [0.25, 0.3) is 5.91 Å². The first kappa shape index (κ1) is 22.2. The predicted molar refractivity (Wildman–Crippen MR) is 114 cm³/mol. The van der Waals surface area contributed by atoms with Crippen molar-refractivity contribution in [2.75, 3.05) is 25.6 Å². The molecular weight excluding hydrogens is 424 g/mol. The summed E-state index contributed by atoms with van der Waals surface area (Å²) in [5, 5.41) is 15.4. The molecule has 0 saturated carbocycles. The van der Waals surface area contributed by atoms with Gasteiger partial charge in [0, 0.05) is 17.8 Å². The number of amides is 1. The Morgan fingerprint density at radius 2 is 1.89 bits per heavy atom. The number of carbonyl (C=O) groups excluding carboxylic acids is 1. The fourth-order valence-corrected chi connectivity index (χ4v) is 2.99. The number of hydrogen-bond acceptors (Lipinski definition) is 5. The van der Waals surface area contributed by atoms with Crippen molar-refractivity contribution < 1.29 is 19.4 Å². The minimum absolute atomic E-state index is 0.0304. The van der Waals surface area contributed by atoms with Crippen LogP contribution in [0.4, 0.5) is 5.69 Å². The molecule has 0 unspecified atom stereocenters. The molecule has 152 valence electrons. The number of methoxy groups -OCH3 is 1. The van der Waals surface area contributed by atoms with Crippen molar-refractivity contribution in [3.05, 3.63) is 52.0 Å². The number of anilines is 1. The van der Waals surface area contributed by atoms with E-state index in [1.54, 1.807) is 7.11 Å². The van der Waals surface area contributed by atoms with E-state index in [2.05, 4.69) is 26.6 Å². The summed E-state index contributed by atoms with van der Waals surface area (Å²) in [5.74, 6) is 0.732. The van der Waals surface area contributed by atoms with Gasteiger partial charge in [-0.05, 0) is 66.5 Å². The predicted octanol–water partition coefficient (Wildman–Crippen LogP) is 3.64. The van der Waals surface area contributed by atoms with E-state index in [9.17, 15) is 9.90 Å². The second kappa shape index (κ2) is 9.91. The van der Waals surface area contributed by atoms with E-state index in [0.717, 1.165) is 16.8 Å².